The second kappa shape index (κ2) is 6.70. The maximum atomic E-state index is 12.1. The first kappa shape index (κ1) is 14.1. The number of hydrogen-bond acceptors (Lipinski definition) is 3. The number of pyridine rings is 1. The molecule has 20 heavy (non-hydrogen) atoms. The van der Waals surface area contributed by atoms with Crippen molar-refractivity contribution >= 4 is 5.91 Å². The second-order valence-electron chi connectivity index (χ2n) is 4.53. The Hall–Kier alpha value is -2.36. The number of ether oxygens (including phenoxy) is 1. The monoisotopic (exact) mass is 270 g/mol. The summed E-state index contributed by atoms with van der Waals surface area (Å²) in [5.74, 6) is 0.681. The molecule has 1 aromatic carbocycles. The molecular weight excluding hydrogens is 252 g/mol. The van der Waals surface area contributed by atoms with Crippen molar-refractivity contribution in [2.45, 2.75) is 19.4 Å². The lowest BCUT2D eigenvalue weighted by Gasteiger charge is -2.14. The van der Waals surface area contributed by atoms with Gasteiger partial charge in [-0.1, -0.05) is 24.3 Å². The van der Waals surface area contributed by atoms with E-state index >= 15 is 0 Å². The van der Waals surface area contributed by atoms with Crippen molar-refractivity contribution < 1.29 is 9.53 Å². The van der Waals surface area contributed by atoms with Gasteiger partial charge < -0.3 is 10.1 Å². The van der Waals surface area contributed by atoms with Crippen molar-refractivity contribution in [3.63, 3.8) is 0 Å². The molecule has 0 saturated heterocycles. The molecule has 4 heteroatoms. The van der Waals surface area contributed by atoms with Crippen LogP contribution in [-0.2, 0) is 11.2 Å². The lowest BCUT2D eigenvalue weighted by molar-refractivity contribution is -0.121. The highest BCUT2D eigenvalue weighted by Crippen LogP contribution is 2.18. The average molecular weight is 270 g/mol. The predicted octanol–water partition coefficient (Wildman–Crippen LogP) is 2.51. The van der Waals surface area contributed by atoms with Crippen LogP contribution < -0.4 is 10.1 Å². The fraction of sp³-hybridized carbons (Fsp3) is 0.250. The summed E-state index contributed by atoms with van der Waals surface area (Å²) in [4.78, 5) is 16.3. The molecule has 1 atom stereocenters. The first-order valence-corrected chi connectivity index (χ1v) is 6.53. The Morgan fingerprint density at radius 1 is 1.25 bits per heavy atom. The number of carbonyl (C=O) groups is 1. The third-order valence-corrected chi connectivity index (χ3v) is 3.05. The molecule has 0 aliphatic carbocycles. The van der Waals surface area contributed by atoms with Crippen molar-refractivity contribution in [2.75, 3.05) is 7.11 Å². The fourth-order valence-electron chi connectivity index (χ4n) is 2.02. The Kier molecular flexibility index (Phi) is 4.71. The van der Waals surface area contributed by atoms with Crippen LogP contribution in [0.4, 0.5) is 0 Å². The van der Waals surface area contributed by atoms with Gasteiger partial charge >= 0.3 is 0 Å². The van der Waals surface area contributed by atoms with Gasteiger partial charge in [-0.15, -0.1) is 0 Å². The Morgan fingerprint density at radius 2 is 2.00 bits per heavy atom. The smallest absolute Gasteiger partial charge is 0.225 e. The van der Waals surface area contributed by atoms with Gasteiger partial charge in [0.05, 0.1) is 25.3 Å². The van der Waals surface area contributed by atoms with Gasteiger partial charge in [-0.3, -0.25) is 9.78 Å². The molecule has 0 aliphatic rings. The van der Waals surface area contributed by atoms with Crippen LogP contribution in [0.1, 0.15) is 24.2 Å². The van der Waals surface area contributed by atoms with Crippen LogP contribution in [0.2, 0.25) is 0 Å². The summed E-state index contributed by atoms with van der Waals surface area (Å²) in [5.41, 5.74) is 1.72. The summed E-state index contributed by atoms with van der Waals surface area (Å²) in [7, 11) is 1.60. The molecule has 1 unspecified atom stereocenters. The van der Waals surface area contributed by atoms with E-state index in [0.717, 1.165) is 17.0 Å². The van der Waals surface area contributed by atoms with E-state index in [1.54, 1.807) is 13.3 Å². The minimum absolute atomic E-state index is 0.0485. The lowest BCUT2D eigenvalue weighted by Crippen LogP contribution is -2.28. The van der Waals surface area contributed by atoms with Crippen LogP contribution in [0.25, 0.3) is 0 Å². The van der Waals surface area contributed by atoms with Crippen LogP contribution in [-0.4, -0.2) is 18.0 Å². The zero-order chi connectivity index (χ0) is 14.4. The topological polar surface area (TPSA) is 51.2 Å². The molecule has 0 radical (unpaired) electrons. The molecule has 0 aliphatic heterocycles. The maximum absolute atomic E-state index is 12.1. The van der Waals surface area contributed by atoms with Crippen molar-refractivity contribution in [1.82, 2.24) is 10.3 Å². The minimum Gasteiger partial charge on any atom is -0.496 e. The summed E-state index contributed by atoms with van der Waals surface area (Å²) in [6, 6.07) is 13.1. The SMILES string of the molecule is COc1ccccc1CC(=O)NC(C)c1ccccn1. The molecule has 1 heterocycles. The molecule has 1 N–H and O–H groups in total. The van der Waals surface area contributed by atoms with Crippen LogP contribution in [0, 0.1) is 0 Å². The molecule has 4 nitrogen and oxygen atoms in total. The number of carbonyl (C=O) groups excluding carboxylic acids is 1. The maximum Gasteiger partial charge on any atom is 0.225 e. The third kappa shape index (κ3) is 3.57. The largest absolute Gasteiger partial charge is 0.496 e. The number of nitrogens with zero attached hydrogens (tertiary/aromatic N) is 1. The van der Waals surface area contributed by atoms with Crippen molar-refractivity contribution in [2.24, 2.45) is 0 Å². The Morgan fingerprint density at radius 3 is 2.70 bits per heavy atom. The van der Waals surface area contributed by atoms with Crippen LogP contribution in [0.5, 0.6) is 5.75 Å². The summed E-state index contributed by atoms with van der Waals surface area (Å²) in [6.45, 7) is 1.92. The summed E-state index contributed by atoms with van der Waals surface area (Å²) in [5, 5.41) is 2.94. The van der Waals surface area contributed by atoms with Gasteiger partial charge in [-0.05, 0) is 25.1 Å². The highest BCUT2D eigenvalue weighted by atomic mass is 16.5. The summed E-state index contributed by atoms with van der Waals surface area (Å²) in [6.07, 6.45) is 2.01. The molecule has 0 spiro atoms. The molecule has 2 rings (SSSR count). The van der Waals surface area contributed by atoms with E-state index in [1.165, 1.54) is 0 Å². The predicted molar refractivity (Wildman–Crippen MR) is 77.5 cm³/mol. The van der Waals surface area contributed by atoms with Gasteiger partial charge in [0.2, 0.25) is 5.91 Å². The highest BCUT2D eigenvalue weighted by molar-refractivity contribution is 5.79. The van der Waals surface area contributed by atoms with Crippen LogP contribution in [0.15, 0.2) is 48.7 Å². The zero-order valence-corrected chi connectivity index (χ0v) is 11.7. The van der Waals surface area contributed by atoms with E-state index in [0.29, 0.717) is 6.42 Å². The molecule has 1 amide bonds. The third-order valence-electron chi connectivity index (χ3n) is 3.05. The fourth-order valence-corrected chi connectivity index (χ4v) is 2.02. The van der Waals surface area contributed by atoms with Crippen molar-refractivity contribution in [3.05, 3.63) is 59.9 Å². The number of aromatic nitrogens is 1. The lowest BCUT2D eigenvalue weighted by atomic mass is 10.1. The molecular formula is C16H18N2O2. The van der Waals surface area contributed by atoms with Crippen LogP contribution in [0.3, 0.4) is 0 Å². The Labute approximate surface area is 118 Å². The van der Waals surface area contributed by atoms with E-state index in [2.05, 4.69) is 10.3 Å². The number of nitrogens with one attached hydrogen (secondary N) is 1. The van der Waals surface area contributed by atoms with E-state index < -0.39 is 0 Å². The Balaban J connectivity index is 1.99. The molecule has 2 aromatic rings. The molecule has 0 saturated carbocycles. The number of benzene rings is 1. The first-order chi connectivity index (χ1) is 9.70. The Bertz CT molecular complexity index is 570. The van der Waals surface area contributed by atoms with Crippen LogP contribution >= 0.6 is 0 Å². The van der Waals surface area contributed by atoms with E-state index in [-0.39, 0.29) is 11.9 Å². The number of amides is 1. The normalized spacial score (nSPS) is 11.7. The van der Waals surface area contributed by atoms with Crippen molar-refractivity contribution in [3.8, 4) is 5.75 Å². The summed E-state index contributed by atoms with van der Waals surface area (Å²) >= 11 is 0. The van der Waals surface area contributed by atoms with Gasteiger partial charge in [0, 0.05) is 11.8 Å². The van der Waals surface area contributed by atoms with Gasteiger partial charge in [-0.25, -0.2) is 0 Å². The minimum atomic E-state index is -0.113. The van der Waals surface area contributed by atoms with Gasteiger partial charge in [0.1, 0.15) is 5.75 Å². The van der Waals surface area contributed by atoms with E-state index in [4.69, 9.17) is 4.74 Å². The number of hydrogen-bond donors (Lipinski definition) is 1. The average Bonchev–Trinajstić information content (AvgIpc) is 2.48. The standard InChI is InChI=1S/C16H18N2O2/c1-12(14-8-5-6-10-17-14)18-16(19)11-13-7-3-4-9-15(13)20-2/h3-10,12H,11H2,1-2H3,(H,18,19). The second-order valence-corrected chi connectivity index (χ2v) is 4.53. The number of methoxy groups -OCH3 is 1. The first-order valence-electron chi connectivity index (χ1n) is 6.53. The molecule has 0 fully saturated rings. The van der Waals surface area contributed by atoms with Crippen molar-refractivity contribution in [1.29, 1.82) is 0 Å². The van der Waals surface area contributed by atoms with E-state index in [1.807, 2.05) is 49.4 Å². The highest BCUT2D eigenvalue weighted by Gasteiger charge is 2.12. The van der Waals surface area contributed by atoms with Gasteiger partial charge in [0.15, 0.2) is 0 Å². The van der Waals surface area contributed by atoms with Gasteiger partial charge in [0.25, 0.3) is 0 Å². The van der Waals surface area contributed by atoms with E-state index in [9.17, 15) is 4.79 Å². The number of para-hydroxylation sites is 1. The quantitative estimate of drug-likeness (QED) is 0.908. The molecule has 0 bridgehead atoms. The summed E-state index contributed by atoms with van der Waals surface area (Å²) < 4.78 is 5.24. The number of rotatable bonds is 5. The molecule has 1 aromatic heterocycles. The van der Waals surface area contributed by atoms with Gasteiger partial charge in [-0.2, -0.15) is 0 Å². The zero-order valence-electron chi connectivity index (χ0n) is 11.7. The molecule has 104 valence electrons.